The second-order valence-electron chi connectivity index (χ2n) is 10.9. The first-order valence-corrected chi connectivity index (χ1v) is 13.1. The molecule has 0 spiro atoms. The second-order valence-corrected chi connectivity index (χ2v) is 10.9. The number of nitrogen functional groups attached to an aromatic ring is 2. The Morgan fingerprint density at radius 3 is 1.32 bits per heavy atom. The SMILES string of the molecule is CC(C)COc1ccc(-c2c(N)c(N)c(-c3ccc(OCC(C)C)cc3)c3nn(CC(C)C)nc23)cc1. The van der Waals surface area contributed by atoms with E-state index in [1.165, 1.54) is 0 Å². The van der Waals surface area contributed by atoms with Crippen molar-refractivity contribution in [3.63, 3.8) is 0 Å². The van der Waals surface area contributed by atoms with Gasteiger partial charge in [-0.05, 0) is 53.1 Å². The number of benzene rings is 3. The highest BCUT2D eigenvalue weighted by Crippen LogP contribution is 2.44. The molecule has 0 saturated heterocycles. The Kier molecular flexibility index (Phi) is 7.91. The summed E-state index contributed by atoms with van der Waals surface area (Å²) in [5.41, 5.74) is 19.3. The average Bonchev–Trinajstić information content (AvgIpc) is 3.25. The van der Waals surface area contributed by atoms with Crippen LogP contribution in [0.3, 0.4) is 0 Å². The molecule has 1 heterocycles. The van der Waals surface area contributed by atoms with Gasteiger partial charge >= 0.3 is 0 Å². The lowest BCUT2D eigenvalue weighted by Crippen LogP contribution is -2.07. The minimum absolute atomic E-state index is 0.387. The summed E-state index contributed by atoms with van der Waals surface area (Å²) >= 11 is 0. The molecule has 0 aliphatic carbocycles. The van der Waals surface area contributed by atoms with Gasteiger partial charge in [0.2, 0.25) is 0 Å². The van der Waals surface area contributed by atoms with Crippen LogP contribution in [0.25, 0.3) is 33.3 Å². The second kappa shape index (κ2) is 11.1. The summed E-state index contributed by atoms with van der Waals surface area (Å²) in [5, 5.41) is 9.76. The molecule has 4 N–H and O–H groups in total. The van der Waals surface area contributed by atoms with Gasteiger partial charge < -0.3 is 20.9 Å². The largest absolute Gasteiger partial charge is 0.493 e. The Labute approximate surface area is 219 Å². The molecule has 37 heavy (non-hydrogen) atoms. The van der Waals surface area contributed by atoms with Gasteiger partial charge in [0, 0.05) is 11.1 Å². The van der Waals surface area contributed by atoms with Crippen molar-refractivity contribution < 1.29 is 9.47 Å². The summed E-state index contributed by atoms with van der Waals surface area (Å²) in [7, 11) is 0. The van der Waals surface area contributed by atoms with E-state index in [0.717, 1.165) is 44.8 Å². The van der Waals surface area contributed by atoms with E-state index >= 15 is 0 Å². The molecule has 0 radical (unpaired) electrons. The minimum atomic E-state index is 0.387. The Hall–Kier alpha value is -3.74. The molecular formula is C30H39N5O2. The maximum Gasteiger partial charge on any atom is 0.123 e. The lowest BCUT2D eigenvalue weighted by Gasteiger charge is -2.16. The molecule has 7 nitrogen and oxygen atoms in total. The number of aromatic nitrogens is 3. The van der Waals surface area contributed by atoms with E-state index in [9.17, 15) is 0 Å². The Balaban J connectivity index is 1.81. The van der Waals surface area contributed by atoms with Crippen LogP contribution < -0.4 is 20.9 Å². The number of hydrogen-bond donors (Lipinski definition) is 2. The zero-order valence-corrected chi connectivity index (χ0v) is 22.8. The molecule has 0 aliphatic heterocycles. The van der Waals surface area contributed by atoms with Crippen molar-refractivity contribution in [2.45, 2.75) is 48.1 Å². The Morgan fingerprint density at radius 1 is 0.622 bits per heavy atom. The van der Waals surface area contributed by atoms with Gasteiger partial charge in [-0.25, -0.2) is 0 Å². The van der Waals surface area contributed by atoms with Crippen molar-refractivity contribution in [2.24, 2.45) is 17.8 Å². The quantitative estimate of drug-likeness (QED) is 0.236. The smallest absolute Gasteiger partial charge is 0.123 e. The summed E-state index contributed by atoms with van der Waals surface area (Å²) in [6.45, 7) is 14.8. The molecule has 1 aromatic heterocycles. The van der Waals surface area contributed by atoms with Crippen LogP contribution in [0.5, 0.6) is 11.5 Å². The first kappa shape index (κ1) is 26.3. The van der Waals surface area contributed by atoms with E-state index in [0.29, 0.717) is 48.9 Å². The van der Waals surface area contributed by atoms with Gasteiger partial charge in [-0.2, -0.15) is 15.0 Å². The van der Waals surface area contributed by atoms with Gasteiger partial charge in [-0.1, -0.05) is 65.8 Å². The number of anilines is 2. The average molecular weight is 502 g/mol. The van der Waals surface area contributed by atoms with Crippen LogP contribution in [0.15, 0.2) is 48.5 Å². The Morgan fingerprint density at radius 2 is 1.00 bits per heavy atom. The van der Waals surface area contributed by atoms with E-state index in [1.807, 2.05) is 48.5 Å². The highest BCUT2D eigenvalue weighted by molar-refractivity contribution is 6.12. The topological polar surface area (TPSA) is 101 Å². The number of rotatable bonds is 10. The molecule has 4 aromatic rings. The highest BCUT2D eigenvalue weighted by atomic mass is 16.5. The summed E-state index contributed by atoms with van der Waals surface area (Å²) in [6.07, 6.45) is 0. The fraction of sp³-hybridized carbons (Fsp3) is 0.400. The van der Waals surface area contributed by atoms with Crippen molar-refractivity contribution in [3.8, 4) is 33.8 Å². The van der Waals surface area contributed by atoms with Crippen LogP contribution >= 0.6 is 0 Å². The first-order valence-electron chi connectivity index (χ1n) is 13.1. The van der Waals surface area contributed by atoms with Crippen molar-refractivity contribution in [1.82, 2.24) is 15.0 Å². The molecule has 0 bridgehead atoms. The lowest BCUT2D eigenvalue weighted by molar-refractivity contribution is 0.271. The van der Waals surface area contributed by atoms with E-state index < -0.39 is 0 Å². The molecule has 196 valence electrons. The molecule has 0 saturated carbocycles. The predicted molar refractivity (Wildman–Crippen MR) is 153 cm³/mol. The van der Waals surface area contributed by atoms with E-state index in [4.69, 9.17) is 31.1 Å². The van der Waals surface area contributed by atoms with Crippen LogP contribution in [-0.4, -0.2) is 28.2 Å². The molecule has 0 amide bonds. The van der Waals surface area contributed by atoms with Crippen LogP contribution in [0.2, 0.25) is 0 Å². The number of ether oxygens (including phenoxy) is 2. The van der Waals surface area contributed by atoms with E-state index in [2.05, 4.69) is 41.5 Å². The van der Waals surface area contributed by atoms with Crippen molar-refractivity contribution >= 4 is 22.4 Å². The van der Waals surface area contributed by atoms with Gasteiger partial charge in [-0.15, -0.1) is 0 Å². The fourth-order valence-electron chi connectivity index (χ4n) is 4.16. The molecule has 3 aromatic carbocycles. The van der Waals surface area contributed by atoms with Crippen LogP contribution in [0.1, 0.15) is 41.5 Å². The molecule has 4 rings (SSSR count). The number of hydrogen-bond acceptors (Lipinski definition) is 6. The molecule has 0 atom stereocenters. The van der Waals surface area contributed by atoms with Crippen LogP contribution in [-0.2, 0) is 6.54 Å². The van der Waals surface area contributed by atoms with Gasteiger partial charge in [0.15, 0.2) is 0 Å². The van der Waals surface area contributed by atoms with Gasteiger partial charge in [0.05, 0.1) is 31.1 Å². The maximum absolute atomic E-state index is 6.72. The van der Waals surface area contributed by atoms with E-state index in [1.54, 1.807) is 4.80 Å². The molecule has 0 fully saturated rings. The third kappa shape index (κ3) is 5.98. The summed E-state index contributed by atoms with van der Waals surface area (Å²) in [5.74, 6) is 2.93. The van der Waals surface area contributed by atoms with E-state index in [-0.39, 0.29) is 0 Å². The van der Waals surface area contributed by atoms with Crippen molar-refractivity contribution in [2.75, 3.05) is 24.7 Å². The van der Waals surface area contributed by atoms with Gasteiger partial charge in [0.1, 0.15) is 22.5 Å². The zero-order valence-electron chi connectivity index (χ0n) is 22.8. The number of fused-ring (bicyclic) bond motifs is 1. The standard InChI is InChI=1S/C30H39N5O2/c1-18(2)15-35-33-29-25(21-7-11-23(12-8-21)36-16-19(3)4)27(31)28(32)26(30(29)34-35)22-9-13-24(14-10-22)37-17-20(5)6/h7-14,18-20H,15-17,31-32H2,1-6H3. The normalized spacial score (nSPS) is 11.7. The summed E-state index contributed by atoms with van der Waals surface area (Å²) in [4.78, 5) is 1.75. The fourth-order valence-corrected chi connectivity index (χ4v) is 4.16. The first-order chi connectivity index (χ1) is 17.6. The highest BCUT2D eigenvalue weighted by Gasteiger charge is 2.23. The van der Waals surface area contributed by atoms with Gasteiger partial charge in [-0.3, -0.25) is 0 Å². The zero-order chi connectivity index (χ0) is 26.7. The molecule has 0 unspecified atom stereocenters. The third-order valence-corrected chi connectivity index (χ3v) is 5.94. The molecule has 0 aliphatic rings. The molecule has 7 heteroatoms. The number of nitrogens with zero attached hydrogens (tertiary/aromatic N) is 3. The summed E-state index contributed by atoms with van der Waals surface area (Å²) < 4.78 is 11.7. The lowest BCUT2D eigenvalue weighted by atomic mass is 9.94. The van der Waals surface area contributed by atoms with Crippen molar-refractivity contribution in [1.29, 1.82) is 0 Å². The minimum Gasteiger partial charge on any atom is -0.493 e. The monoisotopic (exact) mass is 501 g/mol. The van der Waals surface area contributed by atoms with Gasteiger partial charge in [0.25, 0.3) is 0 Å². The predicted octanol–water partition coefficient (Wildman–Crippen LogP) is 6.66. The number of nitrogens with two attached hydrogens (primary N) is 2. The third-order valence-electron chi connectivity index (χ3n) is 5.94. The van der Waals surface area contributed by atoms with Crippen LogP contribution in [0, 0.1) is 17.8 Å². The van der Waals surface area contributed by atoms with Crippen LogP contribution in [0.4, 0.5) is 11.4 Å². The summed E-state index contributed by atoms with van der Waals surface area (Å²) in [6, 6.07) is 15.8. The molecular weight excluding hydrogens is 462 g/mol. The Bertz CT molecular complexity index is 1240. The van der Waals surface area contributed by atoms with Crippen molar-refractivity contribution in [3.05, 3.63) is 48.5 Å². The maximum atomic E-state index is 6.72.